The van der Waals surface area contributed by atoms with Crippen molar-refractivity contribution in [1.82, 2.24) is 45.4 Å². The summed E-state index contributed by atoms with van der Waals surface area (Å²) in [6.45, 7) is 16.0. The Bertz CT molecular complexity index is 2980. The quantitative estimate of drug-likeness (QED) is 0.0523. The molecule has 21 nitrogen and oxygen atoms in total. The number of hydrogen-bond acceptors (Lipinski definition) is 15. The van der Waals surface area contributed by atoms with Gasteiger partial charge in [-0.2, -0.15) is 4.68 Å². The van der Waals surface area contributed by atoms with Crippen LogP contribution in [-0.2, 0) is 41.7 Å². The number of thioether (sulfide) groups is 1. The largest absolute Gasteiger partial charge is 0.482 e. The number of ketones is 1. The van der Waals surface area contributed by atoms with Gasteiger partial charge in [0.15, 0.2) is 17.4 Å². The first-order chi connectivity index (χ1) is 38.0. The minimum atomic E-state index is -0.819. The second-order valence-electron chi connectivity index (χ2n) is 20.2. The minimum Gasteiger partial charge on any atom is -0.482 e. The van der Waals surface area contributed by atoms with Crippen molar-refractivity contribution in [2.24, 2.45) is 10.9 Å². The van der Waals surface area contributed by atoms with Crippen molar-refractivity contribution in [3.63, 3.8) is 0 Å². The van der Waals surface area contributed by atoms with E-state index in [-0.39, 0.29) is 118 Å². The fourth-order valence-corrected chi connectivity index (χ4v) is 11.5. The molecule has 23 heteroatoms. The molecule has 8 rings (SSSR count). The summed E-state index contributed by atoms with van der Waals surface area (Å²) in [6.07, 6.45) is 3.67. The van der Waals surface area contributed by atoms with Gasteiger partial charge in [-0.15, -0.1) is 11.8 Å². The molecule has 0 aliphatic carbocycles. The molecule has 1 unspecified atom stereocenters. The normalized spacial score (nSPS) is 19.2. The van der Waals surface area contributed by atoms with Gasteiger partial charge >= 0.3 is 5.82 Å². The number of benzene rings is 2. The number of aliphatic imine (C=N–C) groups is 1. The van der Waals surface area contributed by atoms with Crippen LogP contribution in [0.2, 0.25) is 0 Å². The van der Waals surface area contributed by atoms with E-state index in [4.69, 9.17) is 31.5 Å². The molecule has 0 spiro atoms. The van der Waals surface area contributed by atoms with Gasteiger partial charge in [-0.1, -0.05) is 24.3 Å². The maximum absolute atomic E-state index is 14.5. The van der Waals surface area contributed by atoms with Gasteiger partial charge in [0.2, 0.25) is 23.6 Å². The van der Waals surface area contributed by atoms with Crippen LogP contribution < -0.4 is 26.4 Å². The lowest BCUT2D eigenvalue weighted by Gasteiger charge is -2.38. The van der Waals surface area contributed by atoms with Gasteiger partial charge in [-0.05, 0) is 106 Å². The number of likely N-dealkylation sites (N-methyl/N-ethyl adjacent to an activating group) is 1. The first-order valence-electron chi connectivity index (χ1n) is 26.8. The van der Waals surface area contributed by atoms with Gasteiger partial charge in [-0.3, -0.25) is 33.8 Å². The predicted octanol–water partition coefficient (Wildman–Crippen LogP) is 4.90. The molecule has 4 aliphatic rings. The number of aryl methyl sites for hydroxylation is 1. The molecule has 0 saturated carbocycles. The van der Waals surface area contributed by atoms with Crippen LogP contribution in [0.1, 0.15) is 96.0 Å². The van der Waals surface area contributed by atoms with Crippen LogP contribution in [0.25, 0.3) is 16.0 Å². The van der Waals surface area contributed by atoms with E-state index in [1.54, 1.807) is 58.7 Å². The third-order valence-corrected chi connectivity index (χ3v) is 16.0. The fraction of sp³-hybridized carbons (Fsp3) is 0.500. The minimum absolute atomic E-state index is 0.0770. The lowest BCUT2D eigenvalue weighted by molar-refractivity contribution is -0.140. The predicted molar refractivity (Wildman–Crippen MR) is 295 cm³/mol. The topological polar surface area (TPSA) is 249 Å². The Balaban J connectivity index is 0.764. The van der Waals surface area contributed by atoms with Gasteiger partial charge < -0.3 is 55.4 Å². The van der Waals surface area contributed by atoms with Crippen LogP contribution >= 0.6 is 11.8 Å². The lowest BCUT2D eigenvalue weighted by Crippen LogP contribution is -2.58. The summed E-state index contributed by atoms with van der Waals surface area (Å²) in [5, 5.41) is 14.2. The van der Waals surface area contributed by atoms with E-state index in [9.17, 15) is 33.2 Å². The number of fused-ring (bicyclic) bond motifs is 5. The maximum Gasteiger partial charge on any atom is 0.303 e. The number of pyridine rings is 1. The zero-order valence-corrected chi connectivity index (χ0v) is 46.1. The Kier molecular flexibility index (Phi) is 19.5. The second kappa shape index (κ2) is 26.6. The number of likely N-dealkylation sites (tertiary alicyclic amines) is 2. The number of hydrogen-bond donors (Lipinski definition) is 4. The summed E-state index contributed by atoms with van der Waals surface area (Å²) in [4.78, 5) is 99.1. The number of aromatic nitrogens is 3. The number of halogens is 1. The Morgan fingerprint density at radius 3 is 2.46 bits per heavy atom. The van der Waals surface area contributed by atoms with Gasteiger partial charge in [0, 0.05) is 73.9 Å². The van der Waals surface area contributed by atoms with Crippen molar-refractivity contribution in [3.8, 4) is 16.9 Å². The molecule has 2 aromatic heterocycles. The number of rotatable bonds is 20. The molecule has 2 fully saturated rings. The summed E-state index contributed by atoms with van der Waals surface area (Å²) in [5.41, 5.74) is 10.4. The summed E-state index contributed by atoms with van der Waals surface area (Å²) < 4.78 is 32.8. The summed E-state index contributed by atoms with van der Waals surface area (Å²) in [5.74, 6) is -0.950. The smallest absolute Gasteiger partial charge is 0.303 e. The van der Waals surface area contributed by atoms with Crippen molar-refractivity contribution in [2.45, 2.75) is 103 Å². The van der Waals surface area contributed by atoms with E-state index in [1.165, 1.54) is 36.0 Å². The standard InChI is InChI=1S/C56H69FN12O9S/c1-33-9-14-40-41(28-33)35(3)78-45-29-38(30-62-51(45)58)48-44(31-66(6)55(40)74)69(65-52(48)60-5)23-19-61-46(70)17-24-76-26-27-77-25-18-47(71)67-21-15-36(16-22-67)49(64-53(73)34(2)59-4)56(75)68-20-7-8-43(68)54-63-42(32-79-54)50(72)37-10-12-39(57)13-11-37/h9-14,28-30,34-36,42-43,49,59H,7-8,15-27,31-32H2,1-4,6H3,(H2,58,62)(H,61,70)(H,64,73)/t34-,35+,42?,43-,49-/m0/s1. The molecule has 5 atom stereocenters. The molecule has 2 bridgehead atoms. The molecule has 5 N–H and O–H groups in total. The number of Topliss-reactive ketones (excluding diaryl/α,β-unsaturated/α-hetero) is 1. The number of carbonyl (C=O) groups excluding carboxylic acids is 6. The Hall–Kier alpha value is -7.26. The fourth-order valence-electron chi connectivity index (χ4n) is 10.3. The molecule has 0 radical (unpaired) electrons. The number of nitrogen functional groups attached to an aromatic ring is 1. The zero-order chi connectivity index (χ0) is 56.3. The number of nitrogens with zero attached hydrogens (tertiary/aromatic N) is 8. The molecular weight excluding hydrogens is 1040 g/mol. The van der Waals surface area contributed by atoms with Crippen LogP contribution in [0, 0.1) is 25.2 Å². The van der Waals surface area contributed by atoms with E-state index in [0.29, 0.717) is 89.0 Å². The van der Waals surface area contributed by atoms with E-state index < -0.39 is 30.0 Å². The van der Waals surface area contributed by atoms with Gasteiger partial charge in [0.25, 0.3) is 5.91 Å². The van der Waals surface area contributed by atoms with E-state index in [0.717, 1.165) is 12.0 Å². The monoisotopic (exact) mass is 1100 g/mol. The third-order valence-electron chi connectivity index (χ3n) is 14.9. The highest BCUT2D eigenvalue weighted by molar-refractivity contribution is 8.14. The number of amides is 5. The highest BCUT2D eigenvalue weighted by Crippen LogP contribution is 2.39. The van der Waals surface area contributed by atoms with Gasteiger partial charge in [0.05, 0.1) is 68.8 Å². The molecule has 2 aromatic carbocycles. The highest BCUT2D eigenvalue weighted by atomic mass is 32.2. The van der Waals surface area contributed by atoms with Crippen LogP contribution in [0.15, 0.2) is 59.7 Å². The van der Waals surface area contributed by atoms with Crippen LogP contribution in [0.4, 0.5) is 16.0 Å². The zero-order valence-electron chi connectivity index (χ0n) is 45.3. The van der Waals surface area contributed by atoms with E-state index in [2.05, 4.69) is 30.9 Å². The average Bonchev–Trinajstić information content (AvgIpc) is 4.36. The number of anilines is 1. The first kappa shape index (κ1) is 57.9. The van der Waals surface area contributed by atoms with Gasteiger partial charge in [0.1, 0.15) is 24.0 Å². The summed E-state index contributed by atoms with van der Waals surface area (Å²) in [6, 6.07) is 10.4. The highest BCUT2D eigenvalue weighted by Gasteiger charge is 2.43. The molecule has 6 heterocycles. The molecule has 4 aromatic rings. The SMILES string of the molecule is [C-]#[N+]c1nn(CCNC(=O)CCOCCOCCC(=O)N2CCC([C@H](NC(=O)[C@H](C)NC)C(=O)N3CCC[C@H]3C3=NC(C(=O)c4ccc(F)cc4)CS3)CC2)c2c1-c1cnc(N)c(c1)O[C@H](C)c1cc(C)ccc1C(=O)N(C)C2. The molecule has 5 amide bonds. The van der Waals surface area contributed by atoms with Crippen LogP contribution in [-0.4, -0.2) is 166 Å². The lowest BCUT2D eigenvalue weighted by atomic mass is 9.88. The van der Waals surface area contributed by atoms with Crippen LogP contribution in [0.5, 0.6) is 5.75 Å². The molecular formula is C56H69FN12O9S. The van der Waals surface area contributed by atoms with Crippen molar-refractivity contribution in [2.75, 3.05) is 78.2 Å². The molecule has 420 valence electrons. The summed E-state index contributed by atoms with van der Waals surface area (Å²) in [7, 11) is 3.36. The number of ether oxygens (including phenoxy) is 3. The number of nitrogens with two attached hydrogens (primary N) is 1. The Morgan fingerprint density at radius 2 is 1.73 bits per heavy atom. The van der Waals surface area contributed by atoms with Crippen molar-refractivity contribution < 1.29 is 47.4 Å². The maximum atomic E-state index is 14.5. The third kappa shape index (κ3) is 14.0. The molecule has 4 aliphatic heterocycles. The average molecular weight is 1110 g/mol. The van der Waals surface area contributed by atoms with E-state index in [1.807, 2.05) is 26.0 Å². The van der Waals surface area contributed by atoms with Crippen molar-refractivity contribution >= 4 is 63.8 Å². The number of carbonyl (C=O) groups is 6. The first-order valence-corrected chi connectivity index (χ1v) is 27.8. The Morgan fingerprint density at radius 1 is 1.00 bits per heavy atom. The van der Waals surface area contributed by atoms with Crippen LogP contribution in [0.3, 0.4) is 0 Å². The summed E-state index contributed by atoms with van der Waals surface area (Å²) >= 11 is 1.45. The van der Waals surface area contributed by atoms with Crippen molar-refractivity contribution in [1.29, 1.82) is 0 Å². The second-order valence-corrected chi connectivity index (χ2v) is 21.3. The molecule has 79 heavy (non-hydrogen) atoms. The number of piperidine rings is 1. The van der Waals surface area contributed by atoms with E-state index >= 15 is 0 Å². The number of nitrogens with one attached hydrogen (secondary N) is 3. The van der Waals surface area contributed by atoms with Crippen molar-refractivity contribution in [3.05, 3.63) is 99.9 Å². The Labute approximate surface area is 463 Å². The molecule has 2 saturated heterocycles. The van der Waals surface area contributed by atoms with Gasteiger partial charge in [-0.25, -0.2) is 9.37 Å².